The fourth-order valence-corrected chi connectivity index (χ4v) is 3.75. The first kappa shape index (κ1) is 19.8. The van der Waals surface area contributed by atoms with Crippen molar-refractivity contribution in [1.82, 2.24) is 29.4 Å². The molecule has 10 nitrogen and oxygen atoms in total. The fourth-order valence-electron chi connectivity index (χ4n) is 3.75. The number of hydrogen-bond acceptors (Lipinski definition) is 6. The van der Waals surface area contributed by atoms with Crippen molar-refractivity contribution in [2.45, 2.75) is 32.5 Å². The van der Waals surface area contributed by atoms with Gasteiger partial charge in [0.1, 0.15) is 12.4 Å². The molecular formula is C20H24N8O2. The molecule has 3 heterocycles. The van der Waals surface area contributed by atoms with Crippen LogP contribution in [0.1, 0.15) is 40.5 Å². The Balaban J connectivity index is 1.57. The van der Waals surface area contributed by atoms with Gasteiger partial charge < -0.3 is 16.4 Å². The summed E-state index contributed by atoms with van der Waals surface area (Å²) in [5, 5.41) is 8.72. The van der Waals surface area contributed by atoms with Gasteiger partial charge in [-0.15, -0.1) is 0 Å². The third-order valence-corrected chi connectivity index (χ3v) is 5.25. The van der Waals surface area contributed by atoms with Gasteiger partial charge in [0, 0.05) is 43.4 Å². The number of nitrogens with two attached hydrogens (primary N) is 2. The van der Waals surface area contributed by atoms with Gasteiger partial charge in [0.25, 0.3) is 5.91 Å². The van der Waals surface area contributed by atoms with E-state index in [0.717, 1.165) is 11.3 Å². The van der Waals surface area contributed by atoms with E-state index < -0.39 is 5.91 Å². The number of amides is 2. The van der Waals surface area contributed by atoms with Gasteiger partial charge in [-0.3, -0.25) is 14.3 Å². The minimum absolute atomic E-state index is 0.0121. The first-order valence-electron chi connectivity index (χ1n) is 9.73. The maximum Gasteiger partial charge on any atom is 0.269 e. The highest BCUT2D eigenvalue weighted by molar-refractivity contribution is 5.92. The summed E-state index contributed by atoms with van der Waals surface area (Å²) >= 11 is 0. The maximum absolute atomic E-state index is 13.0. The Hall–Kier alpha value is -3.53. The maximum atomic E-state index is 13.0. The van der Waals surface area contributed by atoms with Crippen LogP contribution in [0.3, 0.4) is 0 Å². The van der Waals surface area contributed by atoms with Crippen LogP contribution in [-0.2, 0) is 31.4 Å². The second-order valence-corrected chi connectivity index (χ2v) is 7.43. The van der Waals surface area contributed by atoms with Crippen molar-refractivity contribution in [2.24, 2.45) is 18.5 Å². The molecule has 10 heteroatoms. The average molecular weight is 408 g/mol. The molecule has 0 saturated carbocycles. The van der Waals surface area contributed by atoms with E-state index >= 15 is 0 Å². The van der Waals surface area contributed by atoms with Crippen LogP contribution in [0.25, 0.3) is 11.4 Å². The monoisotopic (exact) mass is 408 g/mol. The molecule has 0 saturated heterocycles. The summed E-state index contributed by atoms with van der Waals surface area (Å²) in [5.74, 6) is 0.342. The Bertz CT molecular complexity index is 1100. The van der Waals surface area contributed by atoms with E-state index in [0.29, 0.717) is 30.2 Å². The number of carbonyl (C=O) groups is 2. The van der Waals surface area contributed by atoms with Crippen LogP contribution in [0.5, 0.6) is 0 Å². The number of aromatic nitrogens is 5. The van der Waals surface area contributed by atoms with Gasteiger partial charge >= 0.3 is 0 Å². The van der Waals surface area contributed by atoms with Gasteiger partial charge in [-0.2, -0.15) is 10.2 Å². The van der Waals surface area contributed by atoms with Crippen molar-refractivity contribution in [3.8, 4) is 11.4 Å². The van der Waals surface area contributed by atoms with E-state index in [-0.39, 0.29) is 30.7 Å². The summed E-state index contributed by atoms with van der Waals surface area (Å²) < 4.78 is 3.22. The zero-order chi connectivity index (χ0) is 21.4. The lowest BCUT2D eigenvalue weighted by Gasteiger charge is -2.27. The molecule has 4 rings (SSSR count). The van der Waals surface area contributed by atoms with Crippen molar-refractivity contribution in [2.75, 3.05) is 6.54 Å². The number of benzene rings is 1. The summed E-state index contributed by atoms with van der Waals surface area (Å²) in [6.07, 6.45) is 0.602. The smallest absolute Gasteiger partial charge is 0.269 e. The predicted octanol–water partition coefficient (Wildman–Crippen LogP) is 0.382. The van der Waals surface area contributed by atoms with Gasteiger partial charge in [0.05, 0.1) is 6.04 Å². The third kappa shape index (κ3) is 3.57. The lowest BCUT2D eigenvalue weighted by molar-refractivity contribution is -0.133. The number of rotatable bonds is 5. The van der Waals surface area contributed by atoms with E-state index in [4.69, 9.17) is 11.5 Å². The molecule has 2 aromatic heterocycles. The Morgan fingerprint density at radius 3 is 2.60 bits per heavy atom. The SMILES string of the molecule is C[C@H](N)c1nc(-c2ccccc2)nn1CC(=O)N1CCc2c(c(C(N)=O)nn2C)C1. The molecule has 0 bridgehead atoms. The van der Waals surface area contributed by atoms with E-state index in [1.807, 2.05) is 37.3 Å². The first-order chi connectivity index (χ1) is 14.3. The third-order valence-electron chi connectivity index (χ3n) is 5.25. The number of carbonyl (C=O) groups excluding carboxylic acids is 2. The highest BCUT2D eigenvalue weighted by Gasteiger charge is 2.29. The van der Waals surface area contributed by atoms with Crippen molar-refractivity contribution < 1.29 is 9.59 Å². The van der Waals surface area contributed by atoms with Crippen LogP contribution in [0.15, 0.2) is 30.3 Å². The zero-order valence-electron chi connectivity index (χ0n) is 16.9. The van der Waals surface area contributed by atoms with Gasteiger partial charge in [0.15, 0.2) is 11.5 Å². The van der Waals surface area contributed by atoms with Crippen LogP contribution in [0.4, 0.5) is 0 Å². The van der Waals surface area contributed by atoms with Crippen molar-refractivity contribution in [3.05, 3.63) is 53.1 Å². The number of aryl methyl sites for hydroxylation is 1. The average Bonchev–Trinajstić information content (AvgIpc) is 3.30. The van der Waals surface area contributed by atoms with E-state index in [9.17, 15) is 9.59 Å². The van der Waals surface area contributed by atoms with Crippen LogP contribution < -0.4 is 11.5 Å². The molecule has 0 unspecified atom stereocenters. The molecule has 1 aliphatic heterocycles. The number of primary amides is 1. The Morgan fingerprint density at radius 1 is 1.20 bits per heavy atom. The minimum atomic E-state index is -0.593. The summed E-state index contributed by atoms with van der Waals surface area (Å²) in [5.41, 5.74) is 14.2. The van der Waals surface area contributed by atoms with Gasteiger partial charge in [-0.1, -0.05) is 30.3 Å². The van der Waals surface area contributed by atoms with E-state index in [2.05, 4.69) is 15.2 Å². The molecule has 2 amide bonds. The fraction of sp³-hybridized carbons (Fsp3) is 0.350. The number of nitrogens with zero attached hydrogens (tertiary/aromatic N) is 6. The van der Waals surface area contributed by atoms with E-state index in [1.165, 1.54) is 0 Å². The highest BCUT2D eigenvalue weighted by Crippen LogP contribution is 2.23. The molecule has 4 N–H and O–H groups in total. The number of fused-ring (bicyclic) bond motifs is 1. The summed E-state index contributed by atoms with van der Waals surface area (Å²) in [6.45, 7) is 2.63. The Kier molecular flexibility index (Phi) is 5.08. The van der Waals surface area contributed by atoms with Crippen LogP contribution in [0.2, 0.25) is 0 Å². The highest BCUT2D eigenvalue weighted by atomic mass is 16.2. The van der Waals surface area contributed by atoms with Crippen molar-refractivity contribution in [1.29, 1.82) is 0 Å². The van der Waals surface area contributed by atoms with Gasteiger partial charge in [-0.25, -0.2) is 9.67 Å². The molecule has 0 radical (unpaired) electrons. The molecule has 30 heavy (non-hydrogen) atoms. The molecule has 0 fully saturated rings. The molecule has 3 aromatic rings. The molecule has 1 atom stereocenters. The second-order valence-electron chi connectivity index (χ2n) is 7.43. The Labute approximate surface area is 173 Å². The molecule has 0 aliphatic carbocycles. The summed E-state index contributed by atoms with van der Waals surface area (Å²) in [7, 11) is 1.78. The normalized spacial score (nSPS) is 14.4. The molecule has 1 aromatic carbocycles. The number of hydrogen-bond donors (Lipinski definition) is 2. The predicted molar refractivity (Wildman–Crippen MR) is 109 cm³/mol. The van der Waals surface area contributed by atoms with Crippen molar-refractivity contribution >= 4 is 11.8 Å². The van der Waals surface area contributed by atoms with Crippen LogP contribution in [0, 0.1) is 0 Å². The molecule has 156 valence electrons. The van der Waals surface area contributed by atoms with Crippen LogP contribution in [-0.4, -0.2) is 47.8 Å². The zero-order valence-corrected chi connectivity index (χ0v) is 16.9. The molecule has 0 spiro atoms. The van der Waals surface area contributed by atoms with Gasteiger partial charge in [-0.05, 0) is 6.92 Å². The largest absolute Gasteiger partial charge is 0.364 e. The standard InChI is InChI=1S/C20H24N8O2/c1-12(21)20-23-19(13-6-4-3-5-7-13)25-28(20)11-16(29)27-9-8-15-14(10-27)17(18(22)30)24-26(15)2/h3-7,12H,8-11,21H2,1-2H3,(H2,22,30)/t12-/m0/s1. The minimum Gasteiger partial charge on any atom is -0.364 e. The van der Waals surface area contributed by atoms with Crippen LogP contribution >= 0.6 is 0 Å². The lowest BCUT2D eigenvalue weighted by Crippen LogP contribution is -2.39. The topological polar surface area (TPSA) is 138 Å². The molecule has 1 aliphatic rings. The Morgan fingerprint density at radius 2 is 1.93 bits per heavy atom. The summed E-state index contributed by atoms with van der Waals surface area (Å²) in [6, 6.07) is 9.17. The summed E-state index contributed by atoms with van der Waals surface area (Å²) in [4.78, 5) is 31.0. The van der Waals surface area contributed by atoms with E-state index in [1.54, 1.807) is 21.3 Å². The first-order valence-corrected chi connectivity index (χ1v) is 9.73. The second kappa shape index (κ2) is 7.71. The molecular weight excluding hydrogens is 384 g/mol. The van der Waals surface area contributed by atoms with Crippen molar-refractivity contribution in [3.63, 3.8) is 0 Å². The lowest BCUT2D eigenvalue weighted by atomic mass is 10.0. The van der Waals surface area contributed by atoms with Gasteiger partial charge in [0.2, 0.25) is 5.91 Å². The quantitative estimate of drug-likeness (QED) is 0.626.